The highest BCUT2D eigenvalue weighted by Gasteiger charge is 2.56. The van der Waals surface area contributed by atoms with Crippen molar-refractivity contribution in [1.29, 1.82) is 0 Å². The summed E-state index contributed by atoms with van der Waals surface area (Å²) < 4.78 is 0. The number of aromatic carboxylic acids is 1. The minimum atomic E-state index is -0.953. The third kappa shape index (κ3) is 2.50. The summed E-state index contributed by atoms with van der Waals surface area (Å²) in [5.74, 6) is 0.0747. The number of benzene rings is 2. The number of carbonyl (C=O) groups excluding carboxylic acids is 1. The van der Waals surface area contributed by atoms with Crippen molar-refractivity contribution in [1.82, 2.24) is 5.32 Å². The highest BCUT2D eigenvalue weighted by Crippen LogP contribution is 2.56. The molecule has 0 bridgehead atoms. The summed E-state index contributed by atoms with van der Waals surface area (Å²) in [6.07, 6.45) is 1.34. The Hall–Kier alpha value is -2.62. The lowest BCUT2D eigenvalue weighted by atomic mass is 10.0. The molecule has 0 aromatic heterocycles. The molecule has 2 aromatic rings. The lowest BCUT2D eigenvalue weighted by Gasteiger charge is -2.09. The van der Waals surface area contributed by atoms with Crippen LogP contribution in [0.15, 0.2) is 48.5 Å². The summed E-state index contributed by atoms with van der Waals surface area (Å²) in [6.45, 7) is 0. The summed E-state index contributed by atoms with van der Waals surface area (Å²) in [5.41, 5.74) is 3.87. The Bertz CT molecular complexity index is 781. The molecule has 0 spiro atoms. The van der Waals surface area contributed by atoms with Crippen molar-refractivity contribution in [2.75, 3.05) is 0 Å². The van der Waals surface area contributed by atoms with Crippen molar-refractivity contribution in [3.63, 3.8) is 0 Å². The first-order valence-corrected chi connectivity index (χ1v) is 7.83. The number of rotatable bonds is 4. The number of amides is 1. The van der Waals surface area contributed by atoms with Crippen molar-refractivity contribution < 1.29 is 14.7 Å². The monoisotopic (exact) mass is 307 g/mol. The zero-order valence-corrected chi connectivity index (χ0v) is 12.5. The van der Waals surface area contributed by atoms with Crippen LogP contribution in [0.5, 0.6) is 0 Å². The predicted molar refractivity (Wildman–Crippen MR) is 85.4 cm³/mol. The molecule has 2 aliphatic carbocycles. The molecule has 4 rings (SSSR count). The molecule has 3 atom stereocenters. The maximum atomic E-state index is 12.2. The predicted octanol–water partition coefficient (Wildman–Crippen LogP) is 2.38. The molecule has 4 nitrogen and oxygen atoms in total. The Labute approximate surface area is 134 Å². The van der Waals surface area contributed by atoms with Crippen LogP contribution in [0.3, 0.4) is 0 Å². The maximum absolute atomic E-state index is 12.2. The number of nitrogens with one attached hydrogen (secondary N) is 1. The van der Waals surface area contributed by atoms with E-state index in [2.05, 4.69) is 29.6 Å². The minimum Gasteiger partial charge on any atom is -0.478 e. The molecule has 0 heterocycles. The molecule has 4 heteroatoms. The SMILES string of the molecule is O=C(Cc1ccc(C(=O)O)cc1)NC1C2Cc3ccccc3C21. The van der Waals surface area contributed by atoms with E-state index in [1.54, 1.807) is 12.1 Å². The van der Waals surface area contributed by atoms with Gasteiger partial charge in [-0.05, 0) is 41.2 Å². The number of carboxylic acids is 1. The average molecular weight is 307 g/mol. The van der Waals surface area contributed by atoms with Crippen LogP contribution in [-0.2, 0) is 17.6 Å². The third-order valence-electron chi connectivity index (χ3n) is 4.93. The van der Waals surface area contributed by atoms with Gasteiger partial charge in [0, 0.05) is 12.0 Å². The fourth-order valence-electron chi connectivity index (χ4n) is 3.74. The maximum Gasteiger partial charge on any atom is 0.335 e. The summed E-state index contributed by atoms with van der Waals surface area (Å²) in [7, 11) is 0. The minimum absolute atomic E-state index is 0.00459. The van der Waals surface area contributed by atoms with Crippen molar-refractivity contribution >= 4 is 11.9 Å². The van der Waals surface area contributed by atoms with Gasteiger partial charge in [0.05, 0.1) is 12.0 Å². The number of fused-ring (bicyclic) bond motifs is 3. The Kier molecular flexibility index (Phi) is 3.18. The van der Waals surface area contributed by atoms with E-state index in [0.29, 0.717) is 11.8 Å². The standard InChI is InChI=1S/C19H17NO3/c21-16(9-11-5-7-12(8-6-11)19(22)23)20-18-15-10-13-3-1-2-4-14(13)17(15)18/h1-8,15,17-18H,9-10H2,(H,20,21)(H,22,23). The van der Waals surface area contributed by atoms with Crippen LogP contribution in [0.1, 0.15) is 33.0 Å². The molecule has 2 N–H and O–H groups in total. The first-order chi connectivity index (χ1) is 11.1. The third-order valence-corrected chi connectivity index (χ3v) is 4.93. The molecular weight excluding hydrogens is 290 g/mol. The molecule has 2 aromatic carbocycles. The van der Waals surface area contributed by atoms with Crippen molar-refractivity contribution in [3.05, 3.63) is 70.8 Å². The second-order valence-corrected chi connectivity index (χ2v) is 6.36. The number of hydrogen-bond donors (Lipinski definition) is 2. The highest BCUT2D eigenvalue weighted by molar-refractivity contribution is 5.87. The average Bonchev–Trinajstić information content (AvgIpc) is 3.05. The van der Waals surface area contributed by atoms with Crippen LogP contribution >= 0.6 is 0 Å². The smallest absolute Gasteiger partial charge is 0.335 e. The highest BCUT2D eigenvalue weighted by atomic mass is 16.4. The molecule has 2 aliphatic rings. The van der Waals surface area contributed by atoms with Crippen LogP contribution in [0.4, 0.5) is 0 Å². The van der Waals surface area contributed by atoms with Gasteiger partial charge in [0.1, 0.15) is 0 Å². The zero-order valence-electron chi connectivity index (χ0n) is 12.5. The molecule has 1 amide bonds. The van der Waals surface area contributed by atoms with Gasteiger partial charge in [-0.3, -0.25) is 4.79 Å². The number of carbonyl (C=O) groups is 2. The van der Waals surface area contributed by atoms with E-state index < -0.39 is 5.97 Å². The topological polar surface area (TPSA) is 66.4 Å². The quantitative estimate of drug-likeness (QED) is 0.911. The van der Waals surface area contributed by atoms with E-state index >= 15 is 0 Å². The van der Waals surface area contributed by atoms with Crippen molar-refractivity contribution in [3.8, 4) is 0 Å². The largest absolute Gasteiger partial charge is 0.478 e. The molecular formula is C19H17NO3. The van der Waals surface area contributed by atoms with Crippen LogP contribution in [0.25, 0.3) is 0 Å². The Morgan fingerprint density at radius 1 is 1.09 bits per heavy atom. The van der Waals surface area contributed by atoms with Gasteiger partial charge in [-0.2, -0.15) is 0 Å². The van der Waals surface area contributed by atoms with Gasteiger partial charge in [0.2, 0.25) is 5.91 Å². The van der Waals surface area contributed by atoms with Crippen LogP contribution in [-0.4, -0.2) is 23.0 Å². The normalized spacial score (nSPS) is 23.7. The van der Waals surface area contributed by atoms with E-state index in [4.69, 9.17) is 5.11 Å². The lowest BCUT2D eigenvalue weighted by molar-refractivity contribution is -0.120. The second-order valence-electron chi connectivity index (χ2n) is 6.36. The molecule has 0 saturated heterocycles. The Morgan fingerprint density at radius 2 is 1.83 bits per heavy atom. The van der Waals surface area contributed by atoms with Crippen LogP contribution < -0.4 is 5.32 Å². The Morgan fingerprint density at radius 3 is 2.57 bits per heavy atom. The fourth-order valence-corrected chi connectivity index (χ4v) is 3.74. The first-order valence-electron chi connectivity index (χ1n) is 7.83. The molecule has 1 saturated carbocycles. The molecule has 1 fully saturated rings. The molecule has 3 unspecified atom stereocenters. The number of hydrogen-bond acceptors (Lipinski definition) is 2. The molecule has 23 heavy (non-hydrogen) atoms. The second kappa shape index (κ2) is 5.23. The van der Waals surface area contributed by atoms with Gasteiger partial charge in [0.15, 0.2) is 0 Å². The molecule has 0 aliphatic heterocycles. The van der Waals surface area contributed by atoms with Crippen LogP contribution in [0.2, 0.25) is 0 Å². The molecule has 116 valence electrons. The lowest BCUT2D eigenvalue weighted by Crippen LogP contribution is -2.30. The van der Waals surface area contributed by atoms with E-state index in [1.165, 1.54) is 23.3 Å². The van der Waals surface area contributed by atoms with Crippen molar-refractivity contribution in [2.24, 2.45) is 5.92 Å². The Balaban J connectivity index is 1.36. The zero-order chi connectivity index (χ0) is 16.0. The van der Waals surface area contributed by atoms with E-state index in [9.17, 15) is 9.59 Å². The van der Waals surface area contributed by atoms with Gasteiger partial charge < -0.3 is 10.4 Å². The molecule has 0 radical (unpaired) electrons. The van der Waals surface area contributed by atoms with Crippen molar-refractivity contribution in [2.45, 2.75) is 24.8 Å². The number of carboxylic acid groups (broad SMARTS) is 1. The van der Waals surface area contributed by atoms with Gasteiger partial charge in [-0.1, -0.05) is 36.4 Å². The van der Waals surface area contributed by atoms with Crippen LogP contribution in [0, 0.1) is 5.92 Å². The summed E-state index contributed by atoms with van der Waals surface area (Å²) in [6, 6.07) is 15.2. The van der Waals surface area contributed by atoms with Gasteiger partial charge in [0.25, 0.3) is 0 Å². The summed E-state index contributed by atoms with van der Waals surface area (Å²) in [5, 5.41) is 12.0. The summed E-state index contributed by atoms with van der Waals surface area (Å²) >= 11 is 0. The van der Waals surface area contributed by atoms with E-state index in [-0.39, 0.29) is 23.9 Å². The summed E-state index contributed by atoms with van der Waals surface area (Å²) in [4.78, 5) is 23.0. The fraction of sp³-hybridized carbons (Fsp3) is 0.263. The van der Waals surface area contributed by atoms with E-state index in [0.717, 1.165) is 12.0 Å². The first kappa shape index (κ1) is 14.0. The van der Waals surface area contributed by atoms with E-state index in [1.807, 2.05) is 0 Å². The van der Waals surface area contributed by atoms with Gasteiger partial charge in [-0.15, -0.1) is 0 Å². The van der Waals surface area contributed by atoms with Gasteiger partial charge in [-0.25, -0.2) is 4.79 Å². The van der Waals surface area contributed by atoms with Gasteiger partial charge >= 0.3 is 5.97 Å².